The molecule has 1 aromatic heterocycles. The van der Waals surface area contributed by atoms with E-state index in [1.165, 1.54) is 19.3 Å². The smallest absolute Gasteiger partial charge is 0.291 e. The van der Waals surface area contributed by atoms with E-state index in [-0.39, 0.29) is 11.1 Å². The molecule has 1 N–H and O–H groups in total. The van der Waals surface area contributed by atoms with Crippen LogP contribution in [0.3, 0.4) is 0 Å². The average Bonchev–Trinajstić information content (AvgIpc) is 3.10. The molecule has 18 heavy (non-hydrogen) atoms. The van der Waals surface area contributed by atoms with Crippen molar-refractivity contribution < 1.29 is 0 Å². The van der Waals surface area contributed by atoms with Gasteiger partial charge >= 0.3 is 0 Å². The van der Waals surface area contributed by atoms with Crippen molar-refractivity contribution in [1.82, 2.24) is 9.78 Å². The summed E-state index contributed by atoms with van der Waals surface area (Å²) in [7, 11) is 0. The number of halogens is 1. The molecule has 5 heteroatoms. The molecule has 2 saturated carbocycles. The van der Waals surface area contributed by atoms with E-state index in [1.807, 2.05) is 0 Å². The van der Waals surface area contributed by atoms with Crippen molar-refractivity contribution in [2.75, 3.05) is 5.32 Å². The third-order valence-electron chi connectivity index (χ3n) is 4.01. The zero-order chi connectivity index (χ0) is 12.8. The Morgan fingerprint density at radius 1 is 1.56 bits per heavy atom. The fourth-order valence-corrected chi connectivity index (χ4v) is 2.56. The summed E-state index contributed by atoms with van der Waals surface area (Å²) in [6.45, 7) is 2.86. The molecule has 2 fully saturated rings. The highest BCUT2D eigenvalue weighted by Gasteiger charge is 2.33. The summed E-state index contributed by atoms with van der Waals surface area (Å²) < 4.78 is 1.55. The van der Waals surface area contributed by atoms with Gasteiger partial charge in [-0.1, -0.05) is 11.6 Å². The maximum atomic E-state index is 12.3. The molecule has 0 amide bonds. The van der Waals surface area contributed by atoms with Gasteiger partial charge in [0.15, 0.2) is 0 Å². The Morgan fingerprint density at radius 3 is 2.83 bits per heavy atom. The second kappa shape index (κ2) is 4.26. The quantitative estimate of drug-likeness (QED) is 0.912. The number of rotatable bonds is 4. The van der Waals surface area contributed by atoms with Crippen LogP contribution in [0.2, 0.25) is 5.02 Å². The molecule has 0 saturated heterocycles. The molecule has 0 bridgehead atoms. The third-order valence-corrected chi connectivity index (χ3v) is 4.30. The van der Waals surface area contributed by atoms with E-state index in [9.17, 15) is 4.79 Å². The van der Waals surface area contributed by atoms with Crippen LogP contribution in [0.15, 0.2) is 11.0 Å². The van der Waals surface area contributed by atoms with Crippen LogP contribution in [-0.2, 0) is 6.54 Å². The van der Waals surface area contributed by atoms with Crippen LogP contribution in [0.1, 0.15) is 39.0 Å². The summed E-state index contributed by atoms with van der Waals surface area (Å²) in [5.74, 6) is 0.628. The first-order chi connectivity index (χ1) is 8.57. The molecule has 2 aliphatic rings. The van der Waals surface area contributed by atoms with Crippen LogP contribution in [0, 0.1) is 5.92 Å². The Hall–Kier alpha value is -1.03. The largest absolute Gasteiger partial charge is 0.374 e. The number of nitrogens with zero attached hydrogens (tertiary/aromatic N) is 2. The Kier molecular flexibility index (Phi) is 2.85. The van der Waals surface area contributed by atoms with Gasteiger partial charge in [0.1, 0.15) is 5.69 Å². The van der Waals surface area contributed by atoms with Crippen molar-refractivity contribution in [2.24, 2.45) is 5.92 Å². The molecular weight excluding hydrogens is 250 g/mol. The molecule has 1 aromatic rings. The normalized spacial score (nSPS) is 21.4. The van der Waals surface area contributed by atoms with Crippen LogP contribution in [-0.4, -0.2) is 15.3 Å². The van der Waals surface area contributed by atoms with E-state index in [2.05, 4.69) is 17.3 Å². The first-order valence-electron chi connectivity index (χ1n) is 6.61. The van der Waals surface area contributed by atoms with Gasteiger partial charge in [-0.05, 0) is 44.9 Å². The Balaban J connectivity index is 1.88. The predicted molar refractivity (Wildman–Crippen MR) is 72.1 cm³/mol. The minimum Gasteiger partial charge on any atom is -0.374 e. The lowest BCUT2D eigenvalue weighted by atomic mass is 9.78. The molecule has 0 aromatic carbocycles. The van der Waals surface area contributed by atoms with Gasteiger partial charge in [0, 0.05) is 12.1 Å². The molecule has 0 spiro atoms. The van der Waals surface area contributed by atoms with Crippen molar-refractivity contribution in [1.29, 1.82) is 0 Å². The van der Waals surface area contributed by atoms with Crippen LogP contribution in [0.25, 0.3) is 0 Å². The van der Waals surface area contributed by atoms with Gasteiger partial charge in [-0.25, -0.2) is 4.68 Å². The number of aromatic nitrogens is 2. The minimum atomic E-state index is -0.0810. The fraction of sp³-hybridized carbons (Fsp3) is 0.692. The van der Waals surface area contributed by atoms with Crippen LogP contribution < -0.4 is 10.9 Å². The Labute approximate surface area is 111 Å². The van der Waals surface area contributed by atoms with Crippen LogP contribution >= 0.6 is 11.6 Å². The first kappa shape index (κ1) is 12.0. The highest BCUT2D eigenvalue weighted by Crippen LogP contribution is 2.35. The molecule has 3 rings (SSSR count). The number of anilines is 1. The lowest BCUT2D eigenvalue weighted by Gasteiger charge is -2.40. The molecule has 2 aliphatic carbocycles. The highest BCUT2D eigenvalue weighted by atomic mass is 35.5. The molecule has 0 unspecified atom stereocenters. The average molecular weight is 268 g/mol. The van der Waals surface area contributed by atoms with Gasteiger partial charge in [-0.3, -0.25) is 4.79 Å². The molecule has 1 heterocycles. The second-order valence-electron chi connectivity index (χ2n) is 5.84. The van der Waals surface area contributed by atoms with Crippen molar-refractivity contribution in [3.8, 4) is 0 Å². The van der Waals surface area contributed by atoms with E-state index in [0.717, 1.165) is 19.4 Å². The summed E-state index contributed by atoms with van der Waals surface area (Å²) in [5, 5.41) is 7.88. The Morgan fingerprint density at radius 2 is 2.28 bits per heavy atom. The van der Waals surface area contributed by atoms with E-state index in [4.69, 9.17) is 11.6 Å². The van der Waals surface area contributed by atoms with E-state index in [1.54, 1.807) is 10.9 Å². The summed E-state index contributed by atoms with van der Waals surface area (Å²) in [4.78, 5) is 12.3. The predicted octanol–water partition coefficient (Wildman–Crippen LogP) is 2.66. The second-order valence-corrected chi connectivity index (χ2v) is 6.24. The fourth-order valence-electron chi connectivity index (χ4n) is 2.39. The van der Waals surface area contributed by atoms with Gasteiger partial charge < -0.3 is 5.32 Å². The Bertz CT molecular complexity index is 517. The molecule has 98 valence electrons. The maximum absolute atomic E-state index is 12.3. The van der Waals surface area contributed by atoms with Crippen LogP contribution in [0.4, 0.5) is 5.69 Å². The monoisotopic (exact) mass is 267 g/mol. The number of hydrogen-bond acceptors (Lipinski definition) is 3. The van der Waals surface area contributed by atoms with Crippen molar-refractivity contribution >= 4 is 17.3 Å². The number of hydrogen-bond donors (Lipinski definition) is 1. The van der Waals surface area contributed by atoms with E-state index in [0.29, 0.717) is 16.6 Å². The van der Waals surface area contributed by atoms with Crippen molar-refractivity contribution in [3.05, 3.63) is 21.6 Å². The lowest BCUT2D eigenvalue weighted by molar-refractivity contribution is 0.306. The summed E-state index contributed by atoms with van der Waals surface area (Å²) in [5.41, 5.74) is 0.471. The molecule has 0 atom stereocenters. The zero-order valence-corrected chi connectivity index (χ0v) is 11.3. The highest BCUT2D eigenvalue weighted by molar-refractivity contribution is 6.33. The topological polar surface area (TPSA) is 46.9 Å². The molecule has 0 aliphatic heterocycles. The van der Waals surface area contributed by atoms with Gasteiger partial charge in [0.25, 0.3) is 5.56 Å². The molecular formula is C13H18ClN3O. The molecule has 4 nitrogen and oxygen atoms in total. The van der Waals surface area contributed by atoms with Gasteiger partial charge in [-0.2, -0.15) is 5.10 Å². The van der Waals surface area contributed by atoms with Crippen molar-refractivity contribution in [2.45, 2.75) is 51.1 Å². The zero-order valence-electron chi connectivity index (χ0n) is 10.6. The SMILES string of the molecule is CC1(Nc2c(Cl)cnn(CC3CC3)c2=O)CCC1. The van der Waals surface area contributed by atoms with Crippen LogP contribution in [0.5, 0.6) is 0 Å². The summed E-state index contributed by atoms with van der Waals surface area (Å²) in [6.07, 6.45) is 7.38. The summed E-state index contributed by atoms with van der Waals surface area (Å²) in [6, 6.07) is 0. The number of nitrogens with one attached hydrogen (secondary N) is 1. The van der Waals surface area contributed by atoms with E-state index >= 15 is 0 Å². The third kappa shape index (κ3) is 2.26. The van der Waals surface area contributed by atoms with Gasteiger partial charge in [-0.15, -0.1) is 0 Å². The first-order valence-corrected chi connectivity index (χ1v) is 6.99. The van der Waals surface area contributed by atoms with Crippen molar-refractivity contribution in [3.63, 3.8) is 0 Å². The minimum absolute atomic E-state index is 0.0293. The standard InChI is InChI=1S/C13H18ClN3O/c1-13(5-2-6-13)16-11-10(14)7-15-17(12(11)18)8-9-3-4-9/h7,9,16H,2-6,8H2,1H3. The van der Waals surface area contributed by atoms with E-state index < -0.39 is 0 Å². The molecule has 0 radical (unpaired) electrons. The summed E-state index contributed by atoms with van der Waals surface area (Å²) >= 11 is 6.10. The van der Waals surface area contributed by atoms with Gasteiger partial charge in [0.05, 0.1) is 11.2 Å². The lowest BCUT2D eigenvalue weighted by Crippen LogP contribution is -2.44. The van der Waals surface area contributed by atoms with Gasteiger partial charge in [0.2, 0.25) is 0 Å². The maximum Gasteiger partial charge on any atom is 0.291 e.